The summed E-state index contributed by atoms with van der Waals surface area (Å²) >= 11 is 0. The molecule has 0 atom stereocenters. The van der Waals surface area contributed by atoms with Crippen molar-refractivity contribution >= 4 is 16.9 Å². The smallest absolute Gasteiger partial charge is 0.223 e. The first kappa shape index (κ1) is 15.1. The molecule has 7 nitrogen and oxygen atoms in total. The molecule has 120 valence electrons. The van der Waals surface area contributed by atoms with Crippen LogP contribution in [0.2, 0.25) is 0 Å². The van der Waals surface area contributed by atoms with Crippen LogP contribution in [0, 0.1) is 6.92 Å². The number of fused-ring (bicyclic) bond motifs is 1. The van der Waals surface area contributed by atoms with Gasteiger partial charge in [0.15, 0.2) is 11.8 Å². The van der Waals surface area contributed by atoms with Gasteiger partial charge in [0.1, 0.15) is 11.3 Å². The van der Waals surface area contributed by atoms with Crippen LogP contribution >= 0.6 is 0 Å². The lowest BCUT2D eigenvalue weighted by Gasteiger charge is -2.20. The summed E-state index contributed by atoms with van der Waals surface area (Å²) in [5, 5.41) is 8.15. The van der Waals surface area contributed by atoms with E-state index in [9.17, 15) is 0 Å². The molecule has 2 heterocycles. The second kappa shape index (κ2) is 6.51. The minimum atomic E-state index is 0.453. The molecule has 0 saturated carbocycles. The van der Waals surface area contributed by atoms with Gasteiger partial charge >= 0.3 is 0 Å². The Kier molecular flexibility index (Phi) is 4.27. The van der Waals surface area contributed by atoms with Gasteiger partial charge in [0.05, 0.1) is 13.1 Å². The van der Waals surface area contributed by atoms with Gasteiger partial charge in [0.2, 0.25) is 5.89 Å². The van der Waals surface area contributed by atoms with E-state index in [4.69, 9.17) is 8.94 Å². The van der Waals surface area contributed by atoms with Crippen molar-refractivity contribution in [1.82, 2.24) is 20.4 Å². The summed E-state index contributed by atoms with van der Waals surface area (Å²) in [6.07, 6.45) is 0. The highest BCUT2D eigenvalue weighted by Gasteiger charge is 2.11. The van der Waals surface area contributed by atoms with Gasteiger partial charge in [0.25, 0.3) is 0 Å². The number of benzene rings is 1. The first-order valence-electron chi connectivity index (χ1n) is 7.34. The lowest BCUT2D eigenvalue weighted by molar-refractivity contribution is 0.385. The van der Waals surface area contributed by atoms with E-state index in [0.717, 1.165) is 22.7 Å². The first-order chi connectivity index (χ1) is 11.2. The first-order valence-corrected chi connectivity index (χ1v) is 7.34. The molecule has 3 aromatic rings. The summed E-state index contributed by atoms with van der Waals surface area (Å²) < 4.78 is 10.8. The van der Waals surface area contributed by atoms with Crippen LogP contribution < -0.4 is 5.32 Å². The van der Waals surface area contributed by atoms with Gasteiger partial charge in [-0.15, -0.1) is 0 Å². The lowest BCUT2D eigenvalue weighted by atomic mass is 10.2. The molecule has 0 aliphatic heterocycles. The average molecular weight is 313 g/mol. The molecule has 0 aliphatic rings. The summed E-state index contributed by atoms with van der Waals surface area (Å²) in [6.45, 7) is 2.83. The third kappa shape index (κ3) is 3.50. The molecular formula is C16H19N5O2. The molecule has 0 aliphatic carbocycles. The Morgan fingerprint density at radius 1 is 1.35 bits per heavy atom. The Morgan fingerprint density at radius 3 is 2.87 bits per heavy atom. The van der Waals surface area contributed by atoms with Crippen LogP contribution in [0.5, 0.6) is 0 Å². The third-order valence-corrected chi connectivity index (χ3v) is 3.42. The highest BCUT2D eigenvalue weighted by molar-refractivity contribution is 5.80. The molecule has 0 unspecified atom stereocenters. The fourth-order valence-corrected chi connectivity index (χ4v) is 2.38. The van der Waals surface area contributed by atoms with E-state index < -0.39 is 0 Å². The minimum absolute atomic E-state index is 0.453. The van der Waals surface area contributed by atoms with E-state index in [-0.39, 0.29) is 0 Å². The molecule has 2 aromatic heterocycles. The quantitative estimate of drug-likeness (QED) is 0.588. The second-order valence-electron chi connectivity index (χ2n) is 5.24. The molecule has 0 fully saturated rings. The zero-order valence-corrected chi connectivity index (χ0v) is 13.4. The van der Waals surface area contributed by atoms with Crippen molar-refractivity contribution in [3.63, 3.8) is 0 Å². The third-order valence-electron chi connectivity index (χ3n) is 3.42. The standard InChI is InChI=1S/C16H19N5O2/c1-11-19-15(20-23-11)9-18-16(17-2)21(3)10-13-8-12-6-4-5-7-14(12)22-13/h4-8H,9-10H2,1-3H3,(H,17,18). The summed E-state index contributed by atoms with van der Waals surface area (Å²) in [6, 6.07) is 10.0. The van der Waals surface area contributed by atoms with Crippen LogP contribution in [0.1, 0.15) is 17.5 Å². The molecule has 0 radical (unpaired) electrons. The number of aryl methyl sites for hydroxylation is 1. The van der Waals surface area contributed by atoms with Crippen LogP contribution in [0.4, 0.5) is 0 Å². The van der Waals surface area contributed by atoms with Crippen molar-refractivity contribution < 1.29 is 8.94 Å². The van der Waals surface area contributed by atoms with Gasteiger partial charge in [-0.2, -0.15) is 4.98 Å². The zero-order chi connectivity index (χ0) is 16.2. The van der Waals surface area contributed by atoms with Crippen LogP contribution in [-0.2, 0) is 13.1 Å². The monoisotopic (exact) mass is 313 g/mol. The van der Waals surface area contributed by atoms with E-state index in [1.807, 2.05) is 42.3 Å². The van der Waals surface area contributed by atoms with E-state index in [1.54, 1.807) is 14.0 Å². The Hall–Kier alpha value is -2.83. The van der Waals surface area contributed by atoms with Gasteiger partial charge in [0, 0.05) is 26.4 Å². The number of hydrogen-bond donors (Lipinski definition) is 1. The Balaban J connectivity index is 1.64. The maximum Gasteiger partial charge on any atom is 0.223 e. The van der Waals surface area contributed by atoms with E-state index in [0.29, 0.717) is 24.8 Å². The zero-order valence-electron chi connectivity index (χ0n) is 13.4. The van der Waals surface area contributed by atoms with Crippen LogP contribution in [-0.4, -0.2) is 35.1 Å². The number of nitrogens with one attached hydrogen (secondary N) is 1. The van der Waals surface area contributed by atoms with Crippen LogP contribution in [0.3, 0.4) is 0 Å². The van der Waals surface area contributed by atoms with Crippen LogP contribution in [0.15, 0.2) is 44.3 Å². The van der Waals surface area contributed by atoms with Crippen molar-refractivity contribution in [3.8, 4) is 0 Å². The molecular weight excluding hydrogens is 294 g/mol. The predicted molar refractivity (Wildman–Crippen MR) is 86.9 cm³/mol. The van der Waals surface area contributed by atoms with Gasteiger partial charge in [-0.25, -0.2) is 0 Å². The van der Waals surface area contributed by atoms with E-state index in [2.05, 4.69) is 20.4 Å². The number of hydrogen-bond acceptors (Lipinski definition) is 5. The topological polar surface area (TPSA) is 79.7 Å². The largest absolute Gasteiger partial charge is 0.459 e. The number of aliphatic imine (C=N–C) groups is 1. The number of furan rings is 1. The van der Waals surface area contributed by atoms with Crippen molar-refractivity contribution in [3.05, 3.63) is 47.8 Å². The summed E-state index contributed by atoms with van der Waals surface area (Å²) in [4.78, 5) is 10.4. The number of para-hydroxylation sites is 1. The number of rotatable bonds is 4. The summed E-state index contributed by atoms with van der Waals surface area (Å²) in [7, 11) is 3.68. The van der Waals surface area contributed by atoms with E-state index in [1.165, 1.54) is 0 Å². The minimum Gasteiger partial charge on any atom is -0.459 e. The Morgan fingerprint density at radius 2 is 2.17 bits per heavy atom. The molecule has 23 heavy (non-hydrogen) atoms. The Labute approximate surface area is 134 Å². The molecule has 0 saturated heterocycles. The molecule has 1 aromatic carbocycles. The molecule has 0 spiro atoms. The van der Waals surface area contributed by atoms with E-state index >= 15 is 0 Å². The SMILES string of the molecule is CN=C(NCc1noc(C)n1)N(C)Cc1cc2ccccc2o1. The number of guanidine groups is 1. The van der Waals surface area contributed by atoms with Gasteiger partial charge in [-0.3, -0.25) is 4.99 Å². The highest BCUT2D eigenvalue weighted by Crippen LogP contribution is 2.19. The van der Waals surface area contributed by atoms with Crippen molar-refractivity contribution in [2.45, 2.75) is 20.0 Å². The summed E-state index contributed by atoms with van der Waals surface area (Å²) in [5.74, 6) is 2.76. The van der Waals surface area contributed by atoms with Gasteiger partial charge < -0.3 is 19.2 Å². The second-order valence-corrected chi connectivity index (χ2v) is 5.24. The fraction of sp³-hybridized carbons (Fsp3) is 0.312. The summed E-state index contributed by atoms with van der Waals surface area (Å²) in [5.41, 5.74) is 0.890. The normalized spacial score (nSPS) is 11.9. The maximum atomic E-state index is 5.84. The predicted octanol–water partition coefficient (Wildman–Crippen LogP) is 2.33. The van der Waals surface area contributed by atoms with Crippen molar-refractivity contribution in [2.75, 3.05) is 14.1 Å². The van der Waals surface area contributed by atoms with Gasteiger partial charge in [-0.05, 0) is 12.1 Å². The molecule has 7 heteroatoms. The Bertz CT molecular complexity index is 788. The molecule has 0 bridgehead atoms. The maximum absolute atomic E-state index is 5.84. The number of nitrogens with zero attached hydrogens (tertiary/aromatic N) is 4. The molecule has 1 N–H and O–H groups in total. The van der Waals surface area contributed by atoms with Crippen LogP contribution in [0.25, 0.3) is 11.0 Å². The van der Waals surface area contributed by atoms with Crippen molar-refractivity contribution in [1.29, 1.82) is 0 Å². The van der Waals surface area contributed by atoms with Gasteiger partial charge in [-0.1, -0.05) is 23.4 Å². The molecule has 3 rings (SSSR count). The van der Waals surface area contributed by atoms with Crippen molar-refractivity contribution in [2.24, 2.45) is 4.99 Å². The fourth-order valence-electron chi connectivity index (χ4n) is 2.38. The molecule has 0 amide bonds. The average Bonchev–Trinajstić information content (AvgIpc) is 3.13. The highest BCUT2D eigenvalue weighted by atomic mass is 16.5. The lowest BCUT2D eigenvalue weighted by Crippen LogP contribution is -2.38. The number of aromatic nitrogens is 2.